The lowest BCUT2D eigenvalue weighted by molar-refractivity contribution is -0.145. The highest BCUT2D eigenvalue weighted by Crippen LogP contribution is 2.16. The predicted octanol–water partition coefficient (Wildman–Crippen LogP) is 3.21. The summed E-state index contributed by atoms with van der Waals surface area (Å²) in [6.45, 7) is 1.94. The van der Waals surface area contributed by atoms with Gasteiger partial charge in [0.15, 0.2) is 6.10 Å². The molecule has 0 saturated carbocycles. The van der Waals surface area contributed by atoms with Crippen molar-refractivity contribution in [3.8, 4) is 5.75 Å². The fourth-order valence-corrected chi connectivity index (χ4v) is 1.80. The Balaban J connectivity index is 2.09. The van der Waals surface area contributed by atoms with Crippen LogP contribution in [-0.2, 0) is 11.2 Å². The topological polar surface area (TPSA) is 46.5 Å². The van der Waals surface area contributed by atoms with Crippen molar-refractivity contribution >= 4 is 5.97 Å². The number of halogens is 1. The third-order valence-corrected chi connectivity index (χ3v) is 2.91. The molecule has 4 heteroatoms. The Morgan fingerprint density at radius 2 is 1.75 bits per heavy atom. The Kier molecular flexibility index (Phi) is 4.35. The molecule has 1 N–H and O–H groups in total. The molecule has 2 aromatic rings. The van der Waals surface area contributed by atoms with E-state index < -0.39 is 12.1 Å². The lowest BCUT2D eigenvalue weighted by Gasteiger charge is -2.15. The van der Waals surface area contributed by atoms with Crippen molar-refractivity contribution in [1.29, 1.82) is 0 Å². The minimum absolute atomic E-state index is 0.184. The molecule has 1 atom stereocenters. The molecule has 104 valence electrons. The van der Waals surface area contributed by atoms with Gasteiger partial charge in [0.25, 0.3) is 0 Å². The number of aliphatic carboxylic acids is 1. The Bertz CT molecular complexity index is 528. The van der Waals surface area contributed by atoms with Gasteiger partial charge in [-0.3, -0.25) is 0 Å². The second-order valence-corrected chi connectivity index (χ2v) is 4.59. The Labute approximate surface area is 116 Å². The summed E-state index contributed by atoms with van der Waals surface area (Å²) in [6, 6.07) is 12.9. The summed E-state index contributed by atoms with van der Waals surface area (Å²) in [5.41, 5.74) is 1.79. The van der Waals surface area contributed by atoms with Crippen LogP contribution in [0.1, 0.15) is 11.1 Å². The summed E-state index contributed by atoms with van der Waals surface area (Å²) in [4.78, 5) is 11.2. The first kappa shape index (κ1) is 14.1. The van der Waals surface area contributed by atoms with Gasteiger partial charge in [0.1, 0.15) is 11.6 Å². The van der Waals surface area contributed by atoms with Crippen LogP contribution >= 0.6 is 0 Å². The maximum Gasteiger partial charge on any atom is 0.345 e. The van der Waals surface area contributed by atoms with E-state index >= 15 is 0 Å². The van der Waals surface area contributed by atoms with Gasteiger partial charge in [0.2, 0.25) is 0 Å². The van der Waals surface area contributed by atoms with E-state index in [9.17, 15) is 14.3 Å². The molecule has 0 spiro atoms. The van der Waals surface area contributed by atoms with Gasteiger partial charge in [0, 0.05) is 6.42 Å². The van der Waals surface area contributed by atoms with Gasteiger partial charge in [0.05, 0.1) is 0 Å². The highest BCUT2D eigenvalue weighted by atomic mass is 19.1. The molecule has 0 aliphatic carbocycles. The van der Waals surface area contributed by atoms with Gasteiger partial charge in [-0.05, 0) is 36.8 Å². The zero-order valence-electron chi connectivity index (χ0n) is 11.0. The van der Waals surface area contributed by atoms with E-state index in [4.69, 9.17) is 4.74 Å². The molecule has 0 bridgehead atoms. The first-order valence-electron chi connectivity index (χ1n) is 6.25. The maximum absolute atomic E-state index is 12.8. The van der Waals surface area contributed by atoms with Crippen LogP contribution in [-0.4, -0.2) is 17.2 Å². The second kappa shape index (κ2) is 6.19. The molecule has 0 saturated heterocycles. The van der Waals surface area contributed by atoms with E-state index in [1.807, 2.05) is 19.1 Å². The van der Waals surface area contributed by atoms with Gasteiger partial charge >= 0.3 is 5.97 Å². The van der Waals surface area contributed by atoms with Crippen molar-refractivity contribution in [2.45, 2.75) is 19.4 Å². The molecule has 2 aromatic carbocycles. The molecule has 3 nitrogen and oxygen atoms in total. The van der Waals surface area contributed by atoms with Crippen molar-refractivity contribution < 1.29 is 19.0 Å². The zero-order valence-corrected chi connectivity index (χ0v) is 11.0. The molecule has 0 aromatic heterocycles. The van der Waals surface area contributed by atoms with Crippen molar-refractivity contribution in [1.82, 2.24) is 0 Å². The second-order valence-electron chi connectivity index (χ2n) is 4.59. The minimum atomic E-state index is -1.05. The van der Waals surface area contributed by atoms with Crippen LogP contribution in [0.5, 0.6) is 5.75 Å². The third kappa shape index (κ3) is 3.82. The molecule has 0 heterocycles. The normalized spacial score (nSPS) is 11.9. The highest BCUT2D eigenvalue weighted by molar-refractivity contribution is 5.73. The monoisotopic (exact) mass is 274 g/mol. The maximum atomic E-state index is 12.8. The van der Waals surface area contributed by atoms with Crippen molar-refractivity contribution in [2.24, 2.45) is 0 Å². The molecule has 0 fully saturated rings. The number of carboxylic acid groups (broad SMARTS) is 1. The summed E-state index contributed by atoms with van der Waals surface area (Å²) in [6.07, 6.45) is -0.813. The number of hydrogen-bond acceptors (Lipinski definition) is 2. The van der Waals surface area contributed by atoms with Gasteiger partial charge in [-0.25, -0.2) is 9.18 Å². The molecule has 0 unspecified atom stereocenters. The SMILES string of the molecule is Cc1ccc(O[C@H](Cc2ccc(F)cc2)C(=O)O)cc1. The zero-order chi connectivity index (χ0) is 14.5. The average Bonchev–Trinajstić information content (AvgIpc) is 2.42. The number of benzene rings is 2. The van der Waals surface area contributed by atoms with E-state index in [0.717, 1.165) is 5.56 Å². The van der Waals surface area contributed by atoms with Gasteiger partial charge < -0.3 is 9.84 Å². The van der Waals surface area contributed by atoms with Crippen molar-refractivity contribution in [3.05, 3.63) is 65.5 Å². The highest BCUT2D eigenvalue weighted by Gasteiger charge is 2.20. The summed E-state index contributed by atoms with van der Waals surface area (Å²) in [7, 11) is 0. The molecule has 0 radical (unpaired) electrons. The Morgan fingerprint density at radius 3 is 2.30 bits per heavy atom. The van der Waals surface area contributed by atoms with E-state index in [1.165, 1.54) is 12.1 Å². The van der Waals surface area contributed by atoms with Crippen LogP contribution in [0.25, 0.3) is 0 Å². The molecule has 0 aliphatic heterocycles. The van der Waals surface area contributed by atoms with Crippen LogP contribution < -0.4 is 4.74 Å². The standard InChI is InChI=1S/C16H15FO3/c1-11-2-8-14(9-3-11)20-15(16(18)19)10-12-4-6-13(17)7-5-12/h2-9,15H,10H2,1H3,(H,18,19)/t15-/m1/s1. The fourth-order valence-electron chi connectivity index (χ4n) is 1.80. The third-order valence-electron chi connectivity index (χ3n) is 2.91. The predicted molar refractivity (Wildman–Crippen MR) is 73.3 cm³/mol. The number of hydrogen-bond donors (Lipinski definition) is 1. The lowest BCUT2D eigenvalue weighted by atomic mass is 10.1. The van der Waals surface area contributed by atoms with Crippen LogP contribution in [0.15, 0.2) is 48.5 Å². The molecule has 2 rings (SSSR count). The minimum Gasteiger partial charge on any atom is -0.478 e. The van der Waals surface area contributed by atoms with Gasteiger partial charge in [-0.2, -0.15) is 0 Å². The van der Waals surface area contributed by atoms with Crippen molar-refractivity contribution in [3.63, 3.8) is 0 Å². The van der Waals surface area contributed by atoms with Gasteiger partial charge in [-0.1, -0.05) is 29.8 Å². The number of aryl methyl sites for hydroxylation is 1. The van der Waals surface area contributed by atoms with Crippen LogP contribution in [0.2, 0.25) is 0 Å². The van der Waals surface area contributed by atoms with Crippen LogP contribution in [0.4, 0.5) is 4.39 Å². The fraction of sp³-hybridized carbons (Fsp3) is 0.188. The largest absolute Gasteiger partial charge is 0.478 e. The summed E-state index contributed by atoms with van der Waals surface area (Å²) in [5.74, 6) is -0.889. The molecular formula is C16H15FO3. The smallest absolute Gasteiger partial charge is 0.345 e. The van der Waals surface area contributed by atoms with E-state index in [2.05, 4.69) is 0 Å². The first-order valence-corrected chi connectivity index (χ1v) is 6.25. The number of carbonyl (C=O) groups is 1. The molecule has 20 heavy (non-hydrogen) atoms. The quantitative estimate of drug-likeness (QED) is 0.910. The van der Waals surface area contributed by atoms with Crippen LogP contribution in [0, 0.1) is 12.7 Å². The van der Waals surface area contributed by atoms with Crippen molar-refractivity contribution in [2.75, 3.05) is 0 Å². The van der Waals surface area contributed by atoms with Crippen LogP contribution in [0.3, 0.4) is 0 Å². The summed E-state index contributed by atoms with van der Waals surface area (Å²) < 4.78 is 18.3. The van der Waals surface area contributed by atoms with E-state index in [0.29, 0.717) is 11.3 Å². The molecule has 0 amide bonds. The first-order chi connectivity index (χ1) is 9.54. The number of carboxylic acids is 1. The Morgan fingerprint density at radius 1 is 1.15 bits per heavy atom. The molecular weight excluding hydrogens is 259 g/mol. The molecule has 0 aliphatic rings. The number of ether oxygens (including phenoxy) is 1. The summed E-state index contributed by atoms with van der Waals surface area (Å²) in [5, 5.41) is 9.21. The summed E-state index contributed by atoms with van der Waals surface area (Å²) >= 11 is 0. The van der Waals surface area contributed by atoms with E-state index in [-0.39, 0.29) is 12.2 Å². The van der Waals surface area contributed by atoms with E-state index in [1.54, 1.807) is 24.3 Å². The average molecular weight is 274 g/mol. The lowest BCUT2D eigenvalue weighted by Crippen LogP contribution is -2.29. The van der Waals surface area contributed by atoms with Gasteiger partial charge in [-0.15, -0.1) is 0 Å². The Hall–Kier alpha value is -2.36. The number of rotatable bonds is 5.